The van der Waals surface area contributed by atoms with Crippen LogP contribution in [0.5, 0.6) is 0 Å². The zero-order chi connectivity index (χ0) is 17.0. The number of nitrogens with zero attached hydrogens (tertiary/aromatic N) is 2. The molecule has 0 spiro atoms. The average Bonchev–Trinajstić information content (AvgIpc) is 3.01. The lowest BCUT2D eigenvalue weighted by Gasteiger charge is -2.23. The highest BCUT2D eigenvalue weighted by molar-refractivity contribution is 7.10. The molecular formula is C15H18N4O3S. The molecule has 122 valence electrons. The van der Waals surface area contributed by atoms with Gasteiger partial charge in [0.05, 0.1) is 11.0 Å². The zero-order valence-electron chi connectivity index (χ0n) is 12.9. The number of likely N-dealkylation sites (N-methyl/N-ethyl adjacent to an activating group) is 1. The van der Waals surface area contributed by atoms with Crippen LogP contribution in [-0.2, 0) is 0 Å². The summed E-state index contributed by atoms with van der Waals surface area (Å²) in [6, 6.07) is 8.06. The van der Waals surface area contributed by atoms with Crippen LogP contribution in [0.15, 0.2) is 35.7 Å². The van der Waals surface area contributed by atoms with Crippen molar-refractivity contribution in [3.05, 3.63) is 56.3 Å². The second-order valence-corrected chi connectivity index (χ2v) is 6.21. The van der Waals surface area contributed by atoms with Crippen LogP contribution in [-0.4, -0.2) is 36.4 Å². The first-order valence-electron chi connectivity index (χ1n) is 6.92. The molecule has 1 aromatic heterocycles. The summed E-state index contributed by atoms with van der Waals surface area (Å²) in [6.45, 7) is 0.407. The van der Waals surface area contributed by atoms with Gasteiger partial charge in [0, 0.05) is 23.1 Å². The first kappa shape index (κ1) is 16.9. The van der Waals surface area contributed by atoms with Gasteiger partial charge < -0.3 is 16.0 Å². The number of nitro benzene ring substituents is 1. The van der Waals surface area contributed by atoms with Gasteiger partial charge in [0.1, 0.15) is 5.69 Å². The van der Waals surface area contributed by atoms with Gasteiger partial charge >= 0.3 is 0 Å². The number of carbonyl (C=O) groups is 1. The predicted molar refractivity (Wildman–Crippen MR) is 90.6 cm³/mol. The fourth-order valence-corrected chi connectivity index (χ4v) is 3.08. The van der Waals surface area contributed by atoms with Gasteiger partial charge in [-0.05, 0) is 37.7 Å². The maximum atomic E-state index is 12.2. The van der Waals surface area contributed by atoms with E-state index in [0.29, 0.717) is 6.54 Å². The summed E-state index contributed by atoms with van der Waals surface area (Å²) in [5.74, 6) is -0.364. The standard InChI is InChI=1S/C15H18N4O3S/c1-18(2)13(14-4-3-7-23-14)9-17-15(20)10-5-6-11(16)12(8-10)19(21)22/h3-8,13H,9,16H2,1-2H3,(H,17,20)/t13-/m1/s1. The van der Waals surface area contributed by atoms with Crippen LogP contribution in [0, 0.1) is 10.1 Å². The van der Waals surface area contributed by atoms with Crippen molar-refractivity contribution in [1.29, 1.82) is 0 Å². The molecule has 1 heterocycles. The van der Waals surface area contributed by atoms with E-state index in [-0.39, 0.29) is 28.9 Å². The van der Waals surface area contributed by atoms with Gasteiger partial charge in [-0.25, -0.2) is 0 Å². The van der Waals surface area contributed by atoms with Crippen molar-refractivity contribution in [2.75, 3.05) is 26.4 Å². The molecule has 23 heavy (non-hydrogen) atoms. The summed E-state index contributed by atoms with van der Waals surface area (Å²) in [7, 11) is 3.87. The molecule has 1 amide bonds. The summed E-state index contributed by atoms with van der Waals surface area (Å²) in [5, 5.41) is 15.7. The van der Waals surface area contributed by atoms with Crippen LogP contribution >= 0.6 is 11.3 Å². The van der Waals surface area contributed by atoms with Crippen LogP contribution in [0.25, 0.3) is 0 Å². The van der Waals surface area contributed by atoms with Crippen LogP contribution < -0.4 is 11.1 Å². The number of carbonyl (C=O) groups excluding carboxylic acids is 1. The van der Waals surface area contributed by atoms with Gasteiger partial charge in [0.15, 0.2) is 0 Å². The van der Waals surface area contributed by atoms with Crippen molar-refractivity contribution in [3.63, 3.8) is 0 Å². The number of hydrogen-bond donors (Lipinski definition) is 2. The quantitative estimate of drug-likeness (QED) is 0.479. The van der Waals surface area contributed by atoms with Crippen molar-refractivity contribution in [2.45, 2.75) is 6.04 Å². The molecule has 2 aromatic rings. The lowest BCUT2D eigenvalue weighted by molar-refractivity contribution is -0.383. The molecule has 3 N–H and O–H groups in total. The largest absolute Gasteiger partial charge is 0.393 e. The van der Waals surface area contributed by atoms with Crippen molar-refractivity contribution in [2.24, 2.45) is 0 Å². The molecule has 1 aromatic carbocycles. The molecule has 0 unspecified atom stereocenters. The van der Waals surface area contributed by atoms with Gasteiger partial charge in [-0.2, -0.15) is 0 Å². The van der Waals surface area contributed by atoms with Crippen LogP contribution in [0.2, 0.25) is 0 Å². The van der Waals surface area contributed by atoms with E-state index >= 15 is 0 Å². The molecule has 0 saturated carbocycles. The minimum Gasteiger partial charge on any atom is -0.393 e. The molecule has 0 radical (unpaired) electrons. The third-order valence-electron chi connectivity index (χ3n) is 3.44. The van der Waals surface area contributed by atoms with Gasteiger partial charge in [-0.15, -0.1) is 11.3 Å². The van der Waals surface area contributed by atoms with E-state index in [4.69, 9.17) is 5.73 Å². The Labute approximate surface area is 137 Å². The lowest BCUT2D eigenvalue weighted by Crippen LogP contribution is -2.34. The second-order valence-electron chi connectivity index (χ2n) is 5.24. The van der Waals surface area contributed by atoms with E-state index in [9.17, 15) is 14.9 Å². The number of nitro groups is 1. The monoisotopic (exact) mass is 334 g/mol. The highest BCUT2D eigenvalue weighted by Crippen LogP contribution is 2.24. The number of benzene rings is 1. The summed E-state index contributed by atoms with van der Waals surface area (Å²) in [4.78, 5) is 25.7. The van der Waals surface area contributed by atoms with Crippen molar-refractivity contribution >= 4 is 28.6 Å². The van der Waals surface area contributed by atoms with E-state index in [0.717, 1.165) is 4.88 Å². The topological polar surface area (TPSA) is 102 Å². The fourth-order valence-electron chi connectivity index (χ4n) is 2.15. The van der Waals surface area contributed by atoms with Gasteiger partial charge in [-0.1, -0.05) is 6.07 Å². The Balaban J connectivity index is 2.10. The Morgan fingerprint density at radius 2 is 2.17 bits per heavy atom. The van der Waals surface area contributed by atoms with Crippen LogP contribution in [0.4, 0.5) is 11.4 Å². The molecule has 2 rings (SSSR count). The van der Waals surface area contributed by atoms with Crippen molar-refractivity contribution in [1.82, 2.24) is 10.2 Å². The van der Waals surface area contributed by atoms with Crippen molar-refractivity contribution in [3.8, 4) is 0 Å². The smallest absolute Gasteiger partial charge is 0.292 e. The van der Waals surface area contributed by atoms with Crippen LogP contribution in [0.1, 0.15) is 21.3 Å². The molecule has 0 aliphatic rings. The average molecular weight is 334 g/mol. The van der Waals surface area contributed by atoms with Gasteiger partial charge in [0.2, 0.25) is 0 Å². The number of thiophene rings is 1. The number of anilines is 1. The summed E-state index contributed by atoms with van der Waals surface area (Å²) in [6.07, 6.45) is 0. The van der Waals surface area contributed by atoms with Crippen molar-refractivity contribution < 1.29 is 9.72 Å². The molecule has 0 bridgehead atoms. The Hall–Kier alpha value is -2.45. The second kappa shape index (κ2) is 7.21. The Morgan fingerprint density at radius 3 is 2.74 bits per heavy atom. The molecule has 0 fully saturated rings. The minimum absolute atomic E-state index is 0.0382. The van der Waals surface area contributed by atoms with Crippen LogP contribution in [0.3, 0.4) is 0 Å². The summed E-state index contributed by atoms with van der Waals surface area (Å²) >= 11 is 1.62. The molecule has 0 aliphatic heterocycles. The van der Waals surface area contributed by atoms with E-state index in [1.807, 2.05) is 36.5 Å². The number of nitrogens with one attached hydrogen (secondary N) is 1. The number of nitrogens with two attached hydrogens (primary N) is 1. The predicted octanol–water partition coefficient (Wildman–Crippen LogP) is 2.27. The normalized spacial score (nSPS) is 12.1. The van der Waals surface area contributed by atoms with E-state index < -0.39 is 4.92 Å². The SMILES string of the molecule is CN(C)[C@H](CNC(=O)c1ccc(N)c([N+](=O)[O-])c1)c1cccs1. The number of nitrogen functional groups attached to an aromatic ring is 1. The Bertz CT molecular complexity index is 701. The molecular weight excluding hydrogens is 316 g/mol. The summed E-state index contributed by atoms with van der Waals surface area (Å²) < 4.78 is 0. The number of amides is 1. The van der Waals surface area contributed by atoms with E-state index in [1.165, 1.54) is 18.2 Å². The third-order valence-corrected chi connectivity index (χ3v) is 4.41. The lowest BCUT2D eigenvalue weighted by atomic mass is 10.1. The highest BCUT2D eigenvalue weighted by atomic mass is 32.1. The van der Waals surface area contributed by atoms with E-state index in [1.54, 1.807) is 11.3 Å². The third kappa shape index (κ3) is 4.05. The first-order valence-corrected chi connectivity index (χ1v) is 7.80. The zero-order valence-corrected chi connectivity index (χ0v) is 13.7. The molecule has 1 atom stereocenters. The Kier molecular flexibility index (Phi) is 5.30. The first-order chi connectivity index (χ1) is 10.9. The minimum atomic E-state index is -0.597. The molecule has 0 aliphatic carbocycles. The number of hydrogen-bond acceptors (Lipinski definition) is 6. The Morgan fingerprint density at radius 1 is 1.43 bits per heavy atom. The maximum absolute atomic E-state index is 12.2. The number of rotatable bonds is 6. The van der Waals surface area contributed by atoms with Gasteiger partial charge in [0.25, 0.3) is 11.6 Å². The van der Waals surface area contributed by atoms with E-state index in [2.05, 4.69) is 5.32 Å². The molecule has 0 saturated heterocycles. The maximum Gasteiger partial charge on any atom is 0.292 e. The highest BCUT2D eigenvalue weighted by Gasteiger charge is 2.19. The molecule has 8 heteroatoms. The summed E-state index contributed by atoms with van der Waals surface area (Å²) in [5.41, 5.74) is 5.53. The fraction of sp³-hybridized carbons (Fsp3) is 0.267. The molecule has 7 nitrogen and oxygen atoms in total. The van der Waals surface area contributed by atoms with Gasteiger partial charge in [-0.3, -0.25) is 14.9 Å².